The second kappa shape index (κ2) is 6.34. The quantitative estimate of drug-likeness (QED) is 0.186. The molecule has 0 bridgehead atoms. The molecule has 11 heteroatoms. The summed E-state index contributed by atoms with van der Waals surface area (Å²) < 4.78 is 0. The molecule has 2 rings (SSSR count). The highest BCUT2D eigenvalue weighted by Crippen LogP contribution is 2.24. The Morgan fingerprint density at radius 1 is 1.09 bits per heavy atom. The number of hydrogen-bond acceptors (Lipinski definition) is 8. The van der Waals surface area contributed by atoms with E-state index in [2.05, 4.69) is 25.4 Å². The summed E-state index contributed by atoms with van der Waals surface area (Å²) in [5, 5.41) is 22.6. The van der Waals surface area contributed by atoms with Crippen molar-refractivity contribution < 1.29 is 9.90 Å². The molecular formula is C12H11N9O2. The first kappa shape index (κ1) is 15.6. The molecule has 7 N–H and O–H groups in total. The van der Waals surface area contributed by atoms with Crippen LogP contribution in [0.3, 0.4) is 0 Å². The number of pyridine rings is 1. The zero-order chi connectivity index (χ0) is 17.0. The monoisotopic (exact) mass is 313 g/mol. The van der Waals surface area contributed by atoms with Gasteiger partial charge < -0.3 is 16.8 Å². The number of aromatic nitrogens is 1. The lowest BCUT2D eigenvalue weighted by atomic mass is 10.0. The van der Waals surface area contributed by atoms with Gasteiger partial charge in [0.2, 0.25) is 5.84 Å². The fourth-order valence-electron chi connectivity index (χ4n) is 2.03. The standard InChI is InChI=1S/C12H11N9O2/c13-18-10(19-14)6-1-2-7(11(20-15)21-16)9-8(6)3-5(4-17-9)12(22)23/h1-4,13,15H,14,16H2,(H,22,23). The first-order chi connectivity index (χ1) is 11.1. The van der Waals surface area contributed by atoms with E-state index in [1.165, 1.54) is 18.2 Å². The van der Waals surface area contributed by atoms with Gasteiger partial charge in [0.05, 0.1) is 11.1 Å². The Morgan fingerprint density at radius 3 is 2.17 bits per heavy atom. The normalized spacial score (nSPS) is 12.2. The second-order valence-corrected chi connectivity index (χ2v) is 4.22. The number of carboxylic acids is 1. The molecule has 0 radical (unpaired) electrons. The Hall–Kier alpha value is -3.76. The molecule has 0 saturated carbocycles. The summed E-state index contributed by atoms with van der Waals surface area (Å²) in [6, 6.07) is 4.33. The molecule has 0 aliphatic rings. The van der Waals surface area contributed by atoms with Crippen molar-refractivity contribution in [3.8, 4) is 0 Å². The van der Waals surface area contributed by atoms with E-state index >= 15 is 0 Å². The van der Waals surface area contributed by atoms with E-state index in [1.54, 1.807) is 0 Å². The van der Waals surface area contributed by atoms with Gasteiger partial charge in [0, 0.05) is 22.7 Å². The van der Waals surface area contributed by atoms with Gasteiger partial charge in [-0.15, -0.1) is 10.2 Å². The van der Waals surface area contributed by atoms with Gasteiger partial charge in [0.25, 0.3) is 0 Å². The maximum Gasteiger partial charge on any atom is 0.337 e. The van der Waals surface area contributed by atoms with Gasteiger partial charge in [-0.1, -0.05) is 0 Å². The van der Waals surface area contributed by atoms with Crippen molar-refractivity contribution in [1.29, 1.82) is 11.1 Å². The van der Waals surface area contributed by atoms with Crippen LogP contribution in [0.4, 0.5) is 0 Å². The summed E-state index contributed by atoms with van der Waals surface area (Å²) in [5.74, 6) is 9.01. The van der Waals surface area contributed by atoms with Gasteiger partial charge in [0.1, 0.15) is 0 Å². The van der Waals surface area contributed by atoms with Crippen LogP contribution in [-0.4, -0.2) is 27.7 Å². The number of benzene rings is 1. The van der Waals surface area contributed by atoms with Crippen molar-refractivity contribution >= 4 is 28.5 Å². The minimum Gasteiger partial charge on any atom is -0.478 e. The Morgan fingerprint density at radius 2 is 1.65 bits per heavy atom. The fraction of sp³-hybridized carbons (Fsp3) is 0. The second-order valence-electron chi connectivity index (χ2n) is 4.22. The van der Waals surface area contributed by atoms with E-state index in [4.69, 9.17) is 27.9 Å². The molecule has 23 heavy (non-hydrogen) atoms. The molecule has 116 valence electrons. The minimum absolute atomic E-state index is 0.0775. The number of nitrogens with one attached hydrogen (secondary N) is 2. The maximum absolute atomic E-state index is 11.1. The number of nitrogens with zero attached hydrogens (tertiary/aromatic N) is 5. The van der Waals surface area contributed by atoms with Gasteiger partial charge in [-0.3, -0.25) is 4.98 Å². The minimum atomic E-state index is -1.18. The third kappa shape index (κ3) is 2.70. The van der Waals surface area contributed by atoms with Crippen molar-refractivity contribution in [3.05, 3.63) is 41.1 Å². The van der Waals surface area contributed by atoms with Gasteiger partial charge >= 0.3 is 5.97 Å². The molecule has 11 nitrogen and oxygen atoms in total. The predicted molar refractivity (Wildman–Crippen MR) is 80.4 cm³/mol. The fourth-order valence-corrected chi connectivity index (χ4v) is 2.03. The molecule has 0 unspecified atom stereocenters. The highest BCUT2D eigenvalue weighted by atomic mass is 16.4. The largest absolute Gasteiger partial charge is 0.478 e. The van der Waals surface area contributed by atoms with Crippen LogP contribution in [0.5, 0.6) is 0 Å². The van der Waals surface area contributed by atoms with Crippen molar-refractivity contribution in [2.45, 2.75) is 0 Å². The van der Waals surface area contributed by atoms with Crippen molar-refractivity contribution in [1.82, 2.24) is 4.98 Å². The Kier molecular flexibility index (Phi) is 4.31. The van der Waals surface area contributed by atoms with E-state index in [1.807, 2.05) is 0 Å². The smallest absolute Gasteiger partial charge is 0.337 e. The molecule has 2 aromatic rings. The Bertz CT molecular complexity index is 872. The SMILES string of the molecule is N=NC(=NN)c1ccc(C(N=N)=NN)c2ncc(C(=O)O)cc12. The van der Waals surface area contributed by atoms with E-state index in [0.717, 1.165) is 6.20 Å². The van der Waals surface area contributed by atoms with Crippen LogP contribution in [0.1, 0.15) is 21.5 Å². The van der Waals surface area contributed by atoms with E-state index in [9.17, 15) is 4.79 Å². The van der Waals surface area contributed by atoms with Gasteiger partial charge in [-0.25, -0.2) is 15.9 Å². The highest BCUT2D eigenvalue weighted by Gasteiger charge is 2.17. The Labute approximate surface area is 128 Å². The lowest BCUT2D eigenvalue weighted by Crippen LogP contribution is -2.08. The number of amidine groups is 2. The predicted octanol–water partition coefficient (Wildman–Crippen LogP) is 1.24. The van der Waals surface area contributed by atoms with E-state index in [-0.39, 0.29) is 22.8 Å². The van der Waals surface area contributed by atoms with Gasteiger partial charge in [-0.2, -0.15) is 10.2 Å². The molecule has 0 aliphatic heterocycles. The molecular weight excluding hydrogens is 302 g/mol. The van der Waals surface area contributed by atoms with Crippen molar-refractivity contribution in [2.24, 2.45) is 32.1 Å². The number of carbonyl (C=O) groups is 1. The zero-order valence-electron chi connectivity index (χ0n) is 11.6. The number of carboxylic acid groups (broad SMARTS) is 1. The van der Waals surface area contributed by atoms with Crippen LogP contribution < -0.4 is 11.7 Å². The summed E-state index contributed by atoms with van der Waals surface area (Å²) in [7, 11) is 0. The summed E-state index contributed by atoms with van der Waals surface area (Å²) in [5.41, 5.74) is 15.0. The average molecular weight is 313 g/mol. The molecule has 1 aromatic carbocycles. The number of fused-ring (bicyclic) bond motifs is 1. The molecule has 0 saturated heterocycles. The van der Waals surface area contributed by atoms with Crippen molar-refractivity contribution in [3.63, 3.8) is 0 Å². The molecule has 0 aliphatic carbocycles. The third-order valence-corrected chi connectivity index (χ3v) is 3.03. The molecule has 0 fully saturated rings. The summed E-state index contributed by atoms with van der Waals surface area (Å²) in [6.45, 7) is 0. The summed E-state index contributed by atoms with van der Waals surface area (Å²) in [6.07, 6.45) is 1.15. The lowest BCUT2D eigenvalue weighted by Gasteiger charge is -2.09. The number of hydrogen-bond donors (Lipinski definition) is 5. The zero-order valence-corrected chi connectivity index (χ0v) is 11.6. The van der Waals surface area contributed by atoms with E-state index in [0.29, 0.717) is 16.5 Å². The molecule has 1 heterocycles. The number of hydrazone groups is 2. The van der Waals surface area contributed by atoms with Gasteiger partial charge in [0.15, 0.2) is 5.84 Å². The highest BCUT2D eigenvalue weighted by molar-refractivity contribution is 6.16. The molecule has 0 atom stereocenters. The third-order valence-electron chi connectivity index (χ3n) is 3.03. The van der Waals surface area contributed by atoms with Gasteiger partial charge in [-0.05, 0) is 18.2 Å². The van der Waals surface area contributed by atoms with Crippen LogP contribution >= 0.6 is 0 Å². The number of rotatable bonds is 3. The first-order valence-corrected chi connectivity index (χ1v) is 6.04. The van der Waals surface area contributed by atoms with Crippen LogP contribution in [0.2, 0.25) is 0 Å². The van der Waals surface area contributed by atoms with Crippen LogP contribution in [-0.2, 0) is 0 Å². The molecule has 1 aromatic heterocycles. The molecule has 0 amide bonds. The summed E-state index contributed by atoms with van der Waals surface area (Å²) >= 11 is 0. The maximum atomic E-state index is 11.1. The van der Waals surface area contributed by atoms with Crippen LogP contribution in [0.15, 0.2) is 44.8 Å². The lowest BCUT2D eigenvalue weighted by molar-refractivity contribution is 0.0696. The van der Waals surface area contributed by atoms with Crippen molar-refractivity contribution in [2.75, 3.05) is 0 Å². The Balaban J connectivity index is 2.92. The average Bonchev–Trinajstić information content (AvgIpc) is 2.57. The molecule has 0 spiro atoms. The summed E-state index contributed by atoms with van der Waals surface area (Å²) in [4.78, 5) is 15.2. The van der Waals surface area contributed by atoms with Crippen LogP contribution in [0.25, 0.3) is 10.9 Å². The first-order valence-electron chi connectivity index (χ1n) is 6.04. The topological polar surface area (TPSA) is 199 Å². The number of aromatic carboxylic acids is 1. The number of nitrogens with two attached hydrogens (primary N) is 2. The van der Waals surface area contributed by atoms with Crippen LogP contribution in [0, 0.1) is 11.1 Å². The van der Waals surface area contributed by atoms with E-state index < -0.39 is 5.97 Å².